The predicted molar refractivity (Wildman–Crippen MR) is 209 cm³/mol. The van der Waals surface area contributed by atoms with Gasteiger partial charge in [-0.15, -0.1) is 0 Å². The van der Waals surface area contributed by atoms with Gasteiger partial charge in [0.2, 0.25) is 0 Å². The normalized spacial score (nSPS) is 12.2. The largest absolute Gasteiger partial charge is 0.0616 e. The average molecular weight is 605 g/mol. The summed E-state index contributed by atoms with van der Waals surface area (Å²) in [6, 6.07) is 63.5. The summed E-state index contributed by atoms with van der Waals surface area (Å²) in [5.41, 5.74) is 5.01. The van der Waals surface area contributed by atoms with Gasteiger partial charge in [0, 0.05) is 0 Å². The highest BCUT2D eigenvalue weighted by Gasteiger charge is 2.13. The first kappa shape index (κ1) is 25.9. The van der Waals surface area contributed by atoms with E-state index in [2.05, 4.69) is 170 Å². The summed E-state index contributed by atoms with van der Waals surface area (Å²) in [5.74, 6) is 0. The van der Waals surface area contributed by atoms with Crippen molar-refractivity contribution >= 4 is 86.2 Å². The van der Waals surface area contributed by atoms with Gasteiger partial charge in [0.1, 0.15) is 0 Å². The first-order chi connectivity index (χ1) is 23.8. The molecular formula is C48H28. The maximum Gasteiger partial charge on any atom is -0.00206 e. The van der Waals surface area contributed by atoms with Crippen LogP contribution in [-0.2, 0) is 0 Å². The monoisotopic (exact) mass is 604 g/mol. The molecule has 220 valence electrons. The summed E-state index contributed by atoms with van der Waals surface area (Å²) in [4.78, 5) is 0. The molecule has 0 atom stereocenters. The predicted octanol–water partition coefficient (Wildman–Crippen LogP) is 13.7. The maximum atomic E-state index is 2.40. The average Bonchev–Trinajstić information content (AvgIpc) is 3.15. The van der Waals surface area contributed by atoms with Crippen LogP contribution < -0.4 is 0 Å². The summed E-state index contributed by atoms with van der Waals surface area (Å²) < 4.78 is 0. The molecule has 0 heterocycles. The lowest BCUT2D eigenvalue weighted by atomic mass is 9.89. The lowest BCUT2D eigenvalue weighted by Crippen LogP contribution is -1.88. The van der Waals surface area contributed by atoms with E-state index in [-0.39, 0.29) is 0 Å². The Morgan fingerprint density at radius 3 is 1.58 bits per heavy atom. The van der Waals surface area contributed by atoms with Crippen LogP contribution in [0.25, 0.3) is 108 Å². The molecule has 0 bridgehead atoms. The second kappa shape index (κ2) is 9.64. The second-order valence-corrected chi connectivity index (χ2v) is 13.3. The van der Waals surface area contributed by atoms with Crippen LogP contribution in [0.15, 0.2) is 170 Å². The van der Waals surface area contributed by atoms with Crippen molar-refractivity contribution in [3.8, 4) is 22.3 Å². The number of benzene rings is 11. The first-order valence-electron chi connectivity index (χ1n) is 16.7. The third-order valence-electron chi connectivity index (χ3n) is 10.7. The van der Waals surface area contributed by atoms with Crippen LogP contribution in [-0.4, -0.2) is 0 Å². The summed E-state index contributed by atoms with van der Waals surface area (Å²) in [5, 5.41) is 20.8. The Kier molecular flexibility index (Phi) is 5.20. The topological polar surface area (TPSA) is 0 Å². The van der Waals surface area contributed by atoms with Crippen molar-refractivity contribution in [2.45, 2.75) is 0 Å². The van der Waals surface area contributed by atoms with Crippen molar-refractivity contribution in [2.24, 2.45) is 0 Å². The molecular weight excluding hydrogens is 577 g/mol. The molecule has 0 heteroatoms. The molecule has 11 aromatic carbocycles. The second-order valence-electron chi connectivity index (χ2n) is 13.3. The molecule has 0 nitrogen and oxygen atoms in total. The van der Waals surface area contributed by atoms with Crippen LogP contribution in [0.4, 0.5) is 0 Å². The Morgan fingerprint density at radius 1 is 0.208 bits per heavy atom. The zero-order chi connectivity index (χ0) is 31.3. The summed E-state index contributed by atoms with van der Waals surface area (Å²) in [7, 11) is 0. The minimum absolute atomic E-state index is 1.24. The molecule has 0 saturated heterocycles. The molecule has 48 heavy (non-hydrogen) atoms. The van der Waals surface area contributed by atoms with E-state index in [0.717, 1.165) is 0 Å². The van der Waals surface area contributed by atoms with Gasteiger partial charge in [-0.3, -0.25) is 0 Å². The SMILES string of the molecule is c1ccc2c(c1)ccc1c2ccc2ccc3ccc(-c4ccc5ccc(-c6ccc7ccc8cccc9ccc6c7c89)cc5c4)cc3c21. The molecule has 0 spiro atoms. The Morgan fingerprint density at radius 2 is 0.729 bits per heavy atom. The van der Waals surface area contributed by atoms with Crippen molar-refractivity contribution in [3.05, 3.63) is 170 Å². The summed E-state index contributed by atoms with van der Waals surface area (Å²) in [6.07, 6.45) is 0. The smallest absolute Gasteiger partial charge is 0.00206 e. The van der Waals surface area contributed by atoms with E-state index in [0.29, 0.717) is 0 Å². The highest BCUT2D eigenvalue weighted by atomic mass is 14.2. The highest BCUT2D eigenvalue weighted by molar-refractivity contribution is 6.26. The molecule has 0 aliphatic rings. The zero-order valence-corrected chi connectivity index (χ0v) is 26.2. The van der Waals surface area contributed by atoms with E-state index in [1.807, 2.05) is 0 Å². The van der Waals surface area contributed by atoms with Crippen molar-refractivity contribution in [1.82, 2.24) is 0 Å². The molecule has 0 radical (unpaired) electrons. The molecule has 0 aliphatic heterocycles. The van der Waals surface area contributed by atoms with E-state index in [1.165, 1.54) is 108 Å². The standard InChI is InChI=1S/C48H28/c1-2-7-40-30(4-1)18-24-44-42(40)23-20-34-12-10-31-11-16-37(28-45(31)47(34)44)36-15-8-29-9-17-38(27-39(29)26-36)41-22-19-35-14-13-32-5-3-6-33-21-25-43(41)48(35)46(32)33/h1-28H. The highest BCUT2D eigenvalue weighted by Crippen LogP contribution is 2.41. The molecule has 11 rings (SSSR count). The van der Waals surface area contributed by atoms with E-state index in [1.54, 1.807) is 0 Å². The molecule has 0 amide bonds. The van der Waals surface area contributed by atoms with Crippen molar-refractivity contribution in [3.63, 3.8) is 0 Å². The zero-order valence-electron chi connectivity index (χ0n) is 26.2. The van der Waals surface area contributed by atoms with Gasteiger partial charge < -0.3 is 0 Å². The minimum atomic E-state index is 1.24. The Balaban J connectivity index is 1.09. The Labute approximate surface area is 277 Å². The number of hydrogen-bond donors (Lipinski definition) is 0. The molecule has 0 fully saturated rings. The fourth-order valence-electron chi connectivity index (χ4n) is 8.40. The third-order valence-corrected chi connectivity index (χ3v) is 10.7. The van der Waals surface area contributed by atoms with Crippen LogP contribution in [0.3, 0.4) is 0 Å². The summed E-state index contributed by atoms with van der Waals surface area (Å²) in [6.45, 7) is 0. The van der Waals surface area contributed by atoms with Gasteiger partial charge in [-0.2, -0.15) is 0 Å². The van der Waals surface area contributed by atoms with Gasteiger partial charge in [-0.1, -0.05) is 152 Å². The first-order valence-corrected chi connectivity index (χ1v) is 16.7. The van der Waals surface area contributed by atoms with E-state index >= 15 is 0 Å². The third kappa shape index (κ3) is 3.66. The lowest BCUT2D eigenvalue weighted by Gasteiger charge is -2.15. The van der Waals surface area contributed by atoms with Crippen molar-refractivity contribution in [2.75, 3.05) is 0 Å². The quantitative estimate of drug-likeness (QED) is 0.172. The minimum Gasteiger partial charge on any atom is -0.0616 e. The maximum absolute atomic E-state index is 2.40. The number of fused-ring (bicyclic) bond motifs is 8. The van der Waals surface area contributed by atoms with E-state index in [4.69, 9.17) is 0 Å². The molecule has 0 unspecified atom stereocenters. The van der Waals surface area contributed by atoms with E-state index < -0.39 is 0 Å². The summed E-state index contributed by atoms with van der Waals surface area (Å²) >= 11 is 0. The van der Waals surface area contributed by atoms with Crippen LogP contribution in [0.1, 0.15) is 0 Å². The van der Waals surface area contributed by atoms with Gasteiger partial charge in [0.05, 0.1) is 0 Å². The lowest BCUT2D eigenvalue weighted by molar-refractivity contribution is 1.67. The fraction of sp³-hybridized carbons (Fsp3) is 0. The van der Waals surface area contributed by atoms with Gasteiger partial charge in [0.15, 0.2) is 0 Å². The molecule has 0 aliphatic carbocycles. The van der Waals surface area contributed by atoms with E-state index in [9.17, 15) is 0 Å². The molecule has 11 aromatic rings. The number of rotatable bonds is 2. The van der Waals surface area contributed by atoms with Crippen LogP contribution >= 0.6 is 0 Å². The van der Waals surface area contributed by atoms with Gasteiger partial charge in [-0.25, -0.2) is 0 Å². The Bertz CT molecular complexity index is 3090. The van der Waals surface area contributed by atoms with Crippen LogP contribution in [0.2, 0.25) is 0 Å². The van der Waals surface area contributed by atoms with Gasteiger partial charge >= 0.3 is 0 Å². The Hall–Kier alpha value is -6.24. The number of hydrogen-bond acceptors (Lipinski definition) is 0. The van der Waals surface area contributed by atoms with Crippen molar-refractivity contribution in [1.29, 1.82) is 0 Å². The molecule has 0 N–H and O–H groups in total. The van der Waals surface area contributed by atoms with Crippen molar-refractivity contribution < 1.29 is 0 Å². The van der Waals surface area contributed by atoms with Gasteiger partial charge in [0.25, 0.3) is 0 Å². The molecule has 0 aromatic heterocycles. The van der Waals surface area contributed by atoms with Gasteiger partial charge in [-0.05, 0) is 127 Å². The molecule has 0 saturated carbocycles. The van der Waals surface area contributed by atoms with Crippen LogP contribution in [0, 0.1) is 0 Å². The van der Waals surface area contributed by atoms with Crippen LogP contribution in [0.5, 0.6) is 0 Å². The fourth-order valence-corrected chi connectivity index (χ4v) is 8.40.